The summed E-state index contributed by atoms with van der Waals surface area (Å²) in [7, 11) is 0. The van der Waals surface area contributed by atoms with Crippen LogP contribution in [0.3, 0.4) is 0 Å². The van der Waals surface area contributed by atoms with Crippen LogP contribution in [0.15, 0.2) is 23.1 Å². The molecule has 2 N–H and O–H groups in total. The third kappa shape index (κ3) is 2.54. The third-order valence-electron chi connectivity index (χ3n) is 2.29. The van der Waals surface area contributed by atoms with Gasteiger partial charge in [0.2, 0.25) is 0 Å². The Hall–Kier alpha value is -1.07. The standard InChI is InChI=1S/C11H13N3S2/c1-7-3-4-8(2)10(5-7)15-6-9-11(12)16-14-13-9/h3-5H,6,12H2,1-2H3. The lowest BCUT2D eigenvalue weighted by Crippen LogP contribution is -1.90. The van der Waals surface area contributed by atoms with Gasteiger partial charge in [0, 0.05) is 22.2 Å². The quantitative estimate of drug-likeness (QED) is 0.852. The van der Waals surface area contributed by atoms with Crippen LogP contribution in [0.2, 0.25) is 0 Å². The van der Waals surface area contributed by atoms with Crippen LogP contribution in [-0.2, 0) is 5.75 Å². The van der Waals surface area contributed by atoms with Gasteiger partial charge in [-0.15, -0.1) is 16.9 Å². The van der Waals surface area contributed by atoms with Crippen LogP contribution in [-0.4, -0.2) is 9.59 Å². The topological polar surface area (TPSA) is 51.8 Å². The fraction of sp³-hybridized carbons (Fsp3) is 0.273. The summed E-state index contributed by atoms with van der Waals surface area (Å²) in [5, 5.41) is 4.73. The van der Waals surface area contributed by atoms with E-state index in [4.69, 9.17) is 5.73 Å². The zero-order valence-electron chi connectivity index (χ0n) is 9.23. The minimum atomic E-state index is 0.720. The molecule has 0 radical (unpaired) electrons. The largest absolute Gasteiger partial charge is 0.388 e. The SMILES string of the molecule is Cc1ccc(C)c(SCc2nnsc2N)c1. The van der Waals surface area contributed by atoms with Gasteiger partial charge in [-0.05, 0) is 25.5 Å². The van der Waals surface area contributed by atoms with E-state index in [2.05, 4.69) is 41.6 Å². The molecule has 2 aromatic rings. The molecule has 2 rings (SSSR count). The summed E-state index contributed by atoms with van der Waals surface area (Å²) in [6, 6.07) is 6.45. The van der Waals surface area contributed by atoms with E-state index >= 15 is 0 Å². The molecular formula is C11H13N3S2. The molecule has 84 valence electrons. The van der Waals surface area contributed by atoms with E-state index < -0.39 is 0 Å². The minimum absolute atomic E-state index is 0.720. The van der Waals surface area contributed by atoms with Gasteiger partial charge in [0.15, 0.2) is 0 Å². The second kappa shape index (κ2) is 4.84. The Labute approximate surface area is 103 Å². The lowest BCUT2D eigenvalue weighted by Gasteiger charge is -2.05. The molecule has 16 heavy (non-hydrogen) atoms. The second-order valence-corrected chi connectivity index (χ2v) is 5.44. The van der Waals surface area contributed by atoms with E-state index in [-0.39, 0.29) is 0 Å². The normalized spacial score (nSPS) is 10.6. The molecule has 1 heterocycles. The van der Waals surface area contributed by atoms with Crippen LogP contribution in [0.25, 0.3) is 0 Å². The second-order valence-electron chi connectivity index (χ2n) is 3.64. The first-order valence-electron chi connectivity index (χ1n) is 4.93. The number of benzene rings is 1. The van der Waals surface area contributed by atoms with Crippen molar-refractivity contribution in [2.45, 2.75) is 24.5 Å². The van der Waals surface area contributed by atoms with Crippen LogP contribution in [0, 0.1) is 13.8 Å². The van der Waals surface area contributed by atoms with Crippen molar-refractivity contribution < 1.29 is 0 Å². The summed E-state index contributed by atoms with van der Waals surface area (Å²) in [6.45, 7) is 4.21. The van der Waals surface area contributed by atoms with E-state index in [0.29, 0.717) is 0 Å². The molecule has 0 fully saturated rings. The van der Waals surface area contributed by atoms with E-state index in [0.717, 1.165) is 16.4 Å². The molecule has 1 aromatic carbocycles. The van der Waals surface area contributed by atoms with Crippen molar-refractivity contribution >= 4 is 28.3 Å². The maximum absolute atomic E-state index is 5.75. The Morgan fingerprint density at radius 1 is 1.38 bits per heavy atom. The highest BCUT2D eigenvalue weighted by Crippen LogP contribution is 2.28. The van der Waals surface area contributed by atoms with E-state index in [9.17, 15) is 0 Å². The highest BCUT2D eigenvalue weighted by Gasteiger charge is 2.06. The maximum Gasteiger partial charge on any atom is 0.131 e. The van der Waals surface area contributed by atoms with Crippen LogP contribution in [0.5, 0.6) is 0 Å². The van der Waals surface area contributed by atoms with Crippen molar-refractivity contribution in [3.8, 4) is 0 Å². The monoisotopic (exact) mass is 251 g/mol. The average Bonchev–Trinajstić information content (AvgIpc) is 2.66. The first kappa shape index (κ1) is 11.4. The molecule has 0 aliphatic rings. The zero-order valence-corrected chi connectivity index (χ0v) is 10.9. The van der Waals surface area contributed by atoms with Crippen molar-refractivity contribution in [2.24, 2.45) is 0 Å². The Kier molecular flexibility index (Phi) is 3.46. The third-order valence-corrected chi connectivity index (χ3v) is 4.06. The Balaban J connectivity index is 2.10. The van der Waals surface area contributed by atoms with Crippen molar-refractivity contribution in [1.82, 2.24) is 9.59 Å². The van der Waals surface area contributed by atoms with Crippen molar-refractivity contribution in [2.75, 3.05) is 5.73 Å². The average molecular weight is 251 g/mol. The summed E-state index contributed by atoms with van der Waals surface area (Å²) in [5.41, 5.74) is 9.20. The summed E-state index contributed by atoms with van der Waals surface area (Å²) < 4.78 is 3.83. The van der Waals surface area contributed by atoms with Crippen molar-refractivity contribution in [3.63, 3.8) is 0 Å². The van der Waals surface area contributed by atoms with Gasteiger partial charge in [-0.1, -0.05) is 22.2 Å². The number of hydrogen-bond acceptors (Lipinski definition) is 5. The highest BCUT2D eigenvalue weighted by atomic mass is 32.2. The van der Waals surface area contributed by atoms with Crippen molar-refractivity contribution in [3.05, 3.63) is 35.0 Å². The first-order valence-corrected chi connectivity index (χ1v) is 6.69. The molecule has 0 atom stereocenters. The number of nitrogens with two attached hydrogens (primary N) is 1. The number of aromatic nitrogens is 2. The maximum atomic E-state index is 5.75. The van der Waals surface area contributed by atoms with Gasteiger partial charge in [-0.25, -0.2) is 0 Å². The number of anilines is 1. The first-order chi connectivity index (χ1) is 7.66. The van der Waals surface area contributed by atoms with Crippen LogP contribution in [0.4, 0.5) is 5.00 Å². The van der Waals surface area contributed by atoms with Crippen LogP contribution < -0.4 is 5.73 Å². The van der Waals surface area contributed by atoms with Gasteiger partial charge in [0.05, 0.1) is 0 Å². The molecule has 0 bridgehead atoms. The molecule has 3 nitrogen and oxygen atoms in total. The van der Waals surface area contributed by atoms with Crippen LogP contribution >= 0.6 is 23.3 Å². The number of nitrogens with zero attached hydrogens (tertiary/aromatic N) is 2. The van der Waals surface area contributed by atoms with E-state index in [1.54, 1.807) is 11.8 Å². The summed E-state index contributed by atoms with van der Waals surface area (Å²) in [4.78, 5) is 1.28. The number of thioether (sulfide) groups is 1. The van der Waals surface area contributed by atoms with Gasteiger partial charge in [-0.3, -0.25) is 0 Å². The van der Waals surface area contributed by atoms with Crippen molar-refractivity contribution in [1.29, 1.82) is 0 Å². The van der Waals surface area contributed by atoms with Gasteiger partial charge >= 0.3 is 0 Å². The van der Waals surface area contributed by atoms with E-state index in [1.807, 2.05) is 0 Å². The lowest BCUT2D eigenvalue weighted by atomic mass is 10.2. The van der Waals surface area contributed by atoms with Gasteiger partial charge in [0.25, 0.3) is 0 Å². The number of aryl methyl sites for hydroxylation is 2. The number of rotatable bonds is 3. The highest BCUT2D eigenvalue weighted by molar-refractivity contribution is 7.98. The molecule has 5 heteroatoms. The predicted octanol–water partition coefficient (Wildman–Crippen LogP) is 3.03. The van der Waals surface area contributed by atoms with Gasteiger partial charge in [0.1, 0.15) is 10.7 Å². The molecule has 0 unspecified atom stereocenters. The minimum Gasteiger partial charge on any atom is -0.388 e. The molecule has 0 saturated carbocycles. The van der Waals surface area contributed by atoms with E-state index in [1.165, 1.54) is 27.6 Å². The fourth-order valence-corrected chi connectivity index (χ4v) is 2.93. The molecule has 1 aromatic heterocycles. The molecule has 0 saturated heterocycles. The zero-order chi connectivity index (χ0) is 11.5. The summed E-state index contributed by atoms with van der Waals surface area (Å²) >= 11 is 3.01. The molecule has 0 amide bonds. The predicted molar refractivity (Wildman–Crippen MR) is 69.8 cm³/mol. The Morgan fingerprint density at radius 3 is 2.88 bits per heavy atom. The molecule has 0 spiro atoms. The Morgan fingerprint density at radius 2 is 2.19 bits per heavy atom. The molecular weight excluding hydrogens is 238 g/mol. The fourth-order valence-electron chi connectivity index (χ4n) is 1.32. The Bertz CT molecular complexity index is 494. The molecule has 0 aliphatic carbocycles. The number of nitrogen functional groups attached to an aromatic ring is 1. The molecule has 0 aliphatic heterocycles. The van der Waals surface area contributed by atoms with Crippen LogP contribution in [0.1, 0.15) is 16.8 Å². The van der Waals surface area contributed by atoms with Gasteiger partial charge < -0.3 is 5.73 Å². The van der Waals surface area contributed by atoms with Gasteiger partial charge in [-0.2, -0.15) is 0 Å². The summed E-state index contributed by atoms with van der Waals surface area (Å²) in [6.07, 6.45) is 0. The number of hydrogen-bond donors (Lipinski definition) is 1. The smallest absolute Gasteiger partial charge is 0.131 e. The summed E-state index contributed by atoms with van der Waals surface area (Å²) in [5.74, 6) is 0.784. The lowest BCUT2D eigenvalue weighted by molar-refractivity contribution is 1.08.